The lowest BCUT2D eigenvalue weighted by molar-refractivity contribution is 0.0835. The van der Waals surface area contributed by atoms with E-state index in [0.717, 1.165) is 38.5 Å². The summed E-state index contributed by atoms with van der Waals surface area (Å²) in [6.45, 7) is 1.88. The average Bonchev–Trinajstić information content (AvgIpc) is 3.11. The predicted molar refractivity (Wildman–Crippen MR) is 78.0 cm³/mol. The molecular weight excluding hydrogens is 308 g/mol. The third kappa shape index (κ3) is 3.83. The predicted octanol–water partition coefficient (Wildman–Crippen LogP) is 1.13. The highest BCUT2D eigenvalue weighted by Crippen LogP contribution is 2.26. The summed E-state index contributed by atoms with van der Waals surface area (Å²) < 4.78 is 39.2. The SMILES string of the molecule is O=S(=O)(NCc1noc([C@H]2CCCO2)n1)N1CCCCCC1. The van der Waals surface area contributed by atoms with Gasteiger partial charge in [-0.05, 0) is 25.7 Å². The fourth-order valence-electron chi connectivity index (χ4n) is 2.77. The van der Waals surface area contributed by atoms with Gasteiger partial charge in [-0.3, -0.25) is 0 Å². The van der Waals surface area contributed by atoms with Crippen molar-refractivity contribution in [3.63, 3.8) is 0 Å². The minimum absolute atomic E-state index is 0.0368. The van der Waals surface area contributed by atoms with Crippen LogP contribution in [-0.4, -0.2) is 42.6 Å². The van der Waals surface area contributed by atoms with E-state index < -0.39 is 10.2 Å². The molecule has 0 saturated carbocycles. The molecule has 1 atom stereocenters. The van der Waals surface area contributed by atoms with Crippen LogP contribution >= 0.6 is 0 Å². The zero-order valence-corrected chi connectivity index (χ0v) is 13.3. The summed E-state index contributed by atoms with van der Waals surface area (Å²) in [5, 5.41) is 3.82. The van der Waals surface area contributed by atoms with Gasteiger partial charge in [-0.1, -0.05) is 18.0 Å². The van der Waals surface area contributed by atoms with Crippen LogP contribution in [0.15, 0.2) is 4.52 Å². The molecule has 1 N–H and O–H groups in total. The van der Waals surface area contributed by atoms with Gasteiger partial charge in [0.2, 0.25) is 0 Å². The van der Waals surface area contributed by atoms with E-state index in [-0.39, 0.29) is 12.6 Å². The first-order valence-electron chi connectivity index (χ1n) is 7.84. The zero-order valence-electron chi connectivity index (χ0n) is 12.5. The van der Waals surface area contributed by atoms with Gasteiger partial charge >= 0.3 is 0 Å². The molecule has 2 fully saturated rings. The highest BCUT2D eigenvalue weighted by molar-refractivity contribution is 7.87. The summed E-state index contributed by atoms with van der Waals surface area (Å²) in [7, 11) is -3.48. The molecule has 0 radical (unpaired) electrons. The van der Waals surface area contributed by atoms with Crippen LogP contribution in [0.5, 0.6) is 0 Å². The Balaban J connectivity index is 1.56. The van der Waals surface area contributed by atoms with Crippen molar-refractivity contribution in [2.45, 2.75) is 51.2 Å². The molecular formula is C13H22N4O4S. The van der Waals surface area contributed by atoms with E-state index in [2.05, 4.69) is 14.9 Å². The Morgan fingerprint density at radius 2 is 1.95 bits per heavy atom. The standard InChI is InChI=1S/C13H22N4O4S/c18-22(19,17-7-3-1-2-4-8-17)14-10-12-15-13(21-16-12)11-6-5-9-20-11/h11,14H,1-10H2/t11-/m1/s1. The summed E-state index contributed by atoms with van der Waals surface area (Å²) in [4.78, 5) is 4.21. The van der Waals surface area contributed by atoms with Crippen LogP contribution in [0.3, 0.4) is 0 Å². The van der Waals surface area contributed by atoms with Crippen molar-refractivity contribution in [2.75, 3.05) is 19.7 Å². The molecule has 0 amide bonds. The Labute approximate surface area is 130 Å². The maximum Gasteiger partial charge on any atom is 0.279 e. The van der Waals surface area contributed by atoms with Crippen molar-refractivity contribution >= 4 is 10.2 Å². The second-order valence-corrected chi connectivity index (χ2v) is 7.45. The second-order valence-electron chi connectivity index (χ2n) is 5.69. The smallest absolute Gasteiger partial charge is 0.279 e. The third-order valence-electron chi connectivity index (χ3n) is 4.01. The first-order chi connectivity index (χ1) is 10.6. The van der Waals surface area contributed by atoms with Crippen molar-refractivity contribution in [3.8, 4) is 0 Å². The minimum Gasteiger partial charge on any atom is -0.368 e. The fraction of sp³-hybridized carbons (Fsp3) is 0.846. The summed E-state index contributed by atoms with van der Waals surface area (Å²) in [5.41, 5.74) is 0. The normalized spacial score (nSPS) is 24.5. The Hall–Kier alpha value is -1.03. The first kappa shape index (κ1) is 15.9. The van der Waals surface area contributed by atoms with E-state index in [1.54, 1.807) is 0 Å². The van der Waals surface area contributed by atoms with Crippen LogP contribution in [0.1, 0.15) is 56.3 Å². The Kier molecular flexibility index (Phi) is 5.07. The van der Waals surface area contributed by atoms with Crippen molar-refractivity contribution in [1.82, 2.24) is 19.2 Å². The molecule has 8 nitrogen and oxygen atoms in total. The van der Waals surface area contributed by atoms with Gasteiger partial charge < -0.3 is 9.26 Å². The monoisotopic (exact) mass is 330 g/mol. The lowest BCUT2D eigenvalue weighted by Crippen LogP contribution is -2.41. The maximum absolute atomic E-state index is 12.3. The highest BCUT2D eigenvalue weighted by Gasteiger charge is 2.26. The molecule has 3 rings (SSSR count). The molecule has 3 heterocycles. The molecule has 124 valence electrons. The minimum atomic E-state index is -3.48. The van der Waals surface area contributed by atoms with Crippen LogP contribution in [0, 0.1) is 0 Å². The van der Waals surface area contributed by atoms with Crippen LogP contribution in [-0.2, 0) is 21.5 Å². The van der Waals surface area contributed by atoms with E-state index in [1.165, 1.54) is 4.31 Å². The Morgan fingerprint density at radius 1 is 1.18 bits per heavy atom. The van der Waals surface area contributed by atoms with Gasteiger partial charge in [-0.15, -0.1) is 0 Å². The molecule has 1 aromatic heterocycles. The molecule has 2 saturated heterocycles. The largest absolute Gasteiger partial charge is 0.368 e. The molecule has 1 aromatic rings. The quantitative estimate of drug-likeness (QED) is 0.869. The summed E-state index contributed by atoms with van der Waals surface area (Å²) >= 11 is 0. The summed E-state index contributed by atoms with van der Waals surface area (Å²) in [5.74, 6) is 0.769. The van der Waals surface area contributed by atoms with E-state index in [4.69, 9.17) is 9.26 Å². The van der Waals surface area contributed by atoms with Crippen molar-refractivity contribution < 1.29 is 17.7 Å². The summed E-state index contributed by atoms with van der Waals surface area (Å²) in [6, 6.07) is 0. The van der Waals surface area contributed by atoms with Gasteiger partial charge in [-0.2, -0.15) is 22.4 Å². The number of nitrogens with one attached hydrogen (secondary N) is 1. The molecule has 2 aliphatic heterocycles. The van der Waals surface area contributed by atoms with Gasteiger partial charge in [0.05, 0.1) is 6.54 Å². The maximum atomic E-state index is 12.3. The topological polar surface area (TPSA) is 97.6 Å². The number of hydrogen-bond acceptors (Lipinski definition) is 6. The molecule has 0 unspecified atom stereocenters. The van der Waals surface area contributed by atoms with Crippen LogP contribution in [0.4, 0.5) is 0 Å². The molecule has 22 heavy (non-hydrogen) atoms. The summed E-state index contributed by atoms with van der Waals surface area (Å²) in [6.07, 6.45) is 5.68. The third-order valence-corrected chi connectivity index (χ3v) is 5.56. The van der Waals surface area contributed by atoms with Gasteiger partial charge in [0.15, 0.2) is 5.82 Å². The van der Waals surface area contributed by atoms with Crippen LogP contribution in [0.25, 0.3) is 0 Å². The number of hydrogen-bond donors (Lipinski definition) is 1. The average molecular weight is 330 g/mol. The molecule has 0 aromatic carbocycles. The number of nitrogens with zero attached hydrogens (tertiary/aromatic N) is 3. The van der Waals surface area contributed by atoms with Crippen LogP contribution in [0.2, 0.25) is 0 Å². The van der Waals surface area contributed by atoms with E-state index in [1.807, 2.05) is 0 Å². The van der Waals surface area contributed by atoms with E-state index in [9.17, 15) is 8.42 Å². The Bertz CT molecular complexity index is 575. The number of rotatable bonds is 5. The van der Waals surface area contributed by atoms with Gasteiger partial charge in [-0.25, -0.2) is 0 Å². The van der Waals surface area contributed by atoms with E-state index in [0.29, 0.717) is 31.4 Å². The zero-order chi connectivity index (χ0) is 15.4. The molecule has 0 bridgehead atoms. The number of ether oxygens (including phenoxy) is 1. The van der Waals surface area contributed by atoms with Crippen LogP contribution < -0.4 is 4.72 Å². The highest BCUT2D eigenvalue weighted by atomic mass is 32.2. The fourth-order valence-corrected chi connectivity index (χ4v) is 4.00. The van der Waals surface area contributed by atoms with Crippen molar-refractivity contribution in [3.05, 3.63) is 11.7 Å². The van der Waals surface area contributed by atoms with Gasteiger partial charge in [0.25, 0.3) is 16.1 Å². The molecule has 2 aliphatic rings. The van der Waals surface area contributed by atoms with Gasteiger partial charge in [0.1, 0.15) is 6.10 Å². The van der Waals surface area contributed by atoms with Crippen molar-refractivity contribution in [2.24, 2.45) is 0 Å². The lowest BCUT2D eigenvalue weighted by Gasteiger charge is -2.19. The number of aromatic nitrogens is 2. The molecule has 0 spiro atoms. The second kappa shape index (κ2) is 7.03. The van der Waals surface area contributed by atoms with Crippen molar-refractivity contribution in [1.29, 1.82) is 0 Å². The Morgan fingerprint density at radius 3 is 2.64 bits per heavy atom. The molecule has 0 aliphatic carbocycles. The van der Waals surface area contributed by atoms with Gasteiger partial charge in [0, 0.05) is 19.7 Å². The molecule has 9 heteroatoms. The first-order valence-corrected chi connectivity index (χ1v) is 9.28. The van der Waals surface area contributed by atoms with E-state index >= 15 is 0 Å². The lowest BCUT2D eigenvalue weighted by atomic mass is 10.2.